The molecule has 2 aromatic carbocycles. The highest BCUT2D eigenvalue weighted by Crippen LogP contribution is 2.21. The first-order valence-electron chi connectivity index (χ1n) is 8.19. The van der Waals surface area contributed by atoms with Crippen LogP contribution in [0.5, 0.6) is 11.5 Å². The number of hydrogen-bond donors (Lipinski definition) is 2. The molecule has 0 spiro atoms. The monoisotopic (exact) mass is 376 g/mol. The summed E-state index contributed by atoms with van der Waals surface area (Å²) in [6.07, 6.45) is -0.256. The van der Waals surface area contributed by atoms with Crippen molar-refractivity contribution in [3.05, 3.63) is 59.1 Å². The lowest BCUT2D eigenvalue weighted by Crippen LogP contribution is -2.49. The molecule has 0 saturated heterocycles. The standard InChI is InChI=1S/C19H21ClN2O4/c1-3-16(26-15-7-5-4-6-8-15)19(24)22-21-18(23)12-25-17-10-9-14(20)11-13(17)2/h4-11,16H,3,12H2,1-2H3,(H,21,23)(H,22,24). The zero-order valence-corrected chi connectivity index (χ0v) is 15.4. The molecule has 0 aliphatic carbocycles. The molecule has 2 rings (SSSR count). The quantitative estimate of drug-likeness (QED) is 0.728. The third-order valence-electron chi connectivity index (χ3n) is 3.51. The minimum atomic E-state index is -0.711. The summed E-state index contributed by atoms with van der Waals surface area (Å²) in [5.74, 6) is 0.215. The minimum absolute atomic E-state index is 0.237. The Morgan fingerprint density at radius 3 is 2.50 bits per heavy atom. The lowest BCUT2D eigenvalue weighted by atomic mass is 10.2. The van der Waals surface area contributed by atoms with E-state index in [-0.39, 0.29) is 6.61 Å². The highest BCUT2D eigenvalue weighted by atomic mass is 35.5. The summed E-state index contributed by atoms with van der Waals surface area (Å²) >= 11 is 5.87. The van der Waals surface area contributed by atoms with E-state index in [2.05, 4.69) is 10.9 Å². The molecule has 0 heterocycles. The summed E-state index contributed by atoms with van der Waals surface area (Å²) in [5.41, 5.74) is 5.48. The van der Waals surface area contributed by atoms with Crippen molar-refractivity contribution in [1.82, 2.24) is 10.9 Å². The third kappa shape index (κ3) is 5.97. The van der Waals surface area contributed by atoms with E-state index in [1.807, 2.05) is 32.0 Å². The number of aryl methyl sites for hydroxylation is 1. The second-order valence-electron chi connectivity index (χ2n) is 5.56. The normalized spacial score (nSPS) is 11.3. The van der Waals surface area contributed by atoms with Gasteiger partial charge in [0.1, 0.15) is 11.5 Å². The zero-order chi connectivity index (χ0) is 18.9. The largest absolute Gasteiger partial charge is 0.483 e. The Bertz CT molecular complexity index is 752. The van der Waals surface area contributed by atoms with Crippen LogP contribution in [-0.4, -0.2) is 24.5 Å². The third-order valence-corrected chi connectivity index (χ3v) is 3.74. The molecule has 0 aromatic heterocycles. The van der Waals surface area contributed by atoms with Crippen molar-refractivity contribution in [3.8, 4) is 11.5 Å². The van der Waals surface area contributed by atoms with Crippen LogP contribution in [0.3, 0.4) is 0 Å². The van der Waals surface area contributed by atoms with Crippen LogP contribution in [0.1, 0.15) is 18.9 Å². The highest BCUT2D eigenvalue weighted by molar-refractivity contribution is 6.30. The molecular formula is C19H21ClN2O4. The average Bonchev–Trinajstić information content (AvgIpc) is 2.64. The Balaban J connectivity index is 1.79. The number of carbonyl (C=O) groups is 2. The van der Waals surface area contributed by atoms with E-state index in [4.69, 9.17) is 21.1 Å². The van der Waals surface area contributed by atoms with Gasteiger partial charge in [-0.25, -0.2) is 0 Å². The molecule has 1 unspecified atom stereocenters. The van der Waals surface area contributed by atoms with Gasteiger partial charge in [-0.1, -0.05) is 36.7 Å². The molecule has 138 valence electrons. The molecule has 0 aliphatic heterocycles. The van der Waals surface area contributed by atoms with Crippen molar-refractivity contribution in [2.75, 3.05) is 6.61 Å². The van der Waals surface area contributed by atoms with Gasteiger partial charge >= 0.3 is 0 Å². The Labute approximate surface area is 157 Å². The molecule has 2 aromatic rings. The smallest absolute Gasteiger partial charge is 0.279 e. The summed E-state index contributed by atoms with van der Waals surface area (Å²) < 4.78 is 11.0. The van der Waals surface area contributed by atoms with Crippen LogP contribution in [0.15, 0.2) is 48.5 Å². The molecule has 0 aliphatic rings. The number of amides is 2. The van der Waals surface area contributed by atoms with Crippen molar-refractivity contribution in [3.63, 3.8) is 0 Å². The first kappa shape index (κ1) is 19.6. The van der Waals surface area contributed by atoms with E-state index in [9.17, 15) is 9.59 Å². The van der Waals surface area contributed by atoms with Crippen molar-refractivity contribution < 1.29 is 19.1 Å². The van der Waals surface area contributed by atoms with Crippen LogP contribution in [0, 0.1) is 6.92 Å². The van der Waals surface area contributed by atoms with Gasteiger partial charge in [-0.05, 0) is 49.2 Å². The molecule has 2 N–H and O–H groups in total. The summed E-state index contributed by atoms with van der Waals surface area (Å²) in [6, 6.07) is 14.1. The van der Waals surface area contributed by atoms with Gasteiger partial charge in [0.05, 0.1) is 0 Å². The van der Waals surface area contributed by atoms with Crippen LogP contribution in [0.4, 0.5) is 0 Å². The van der Waals surface area contributed by atoms with Crippen LogP contribution in [0.2, 0.25) is 5.02 Å². The number of rotatable bonds is 7. The summed E-state index contributed by atoms with van der Waals surface area (Å²) in [6.45, 7) is 3.41. The van der Waals surface area contributed by atoms with Crippen molar-refractivity contribution in [2.45, 2.75) is 26.4 Å². The summed E-state index contributed by atoms with van der Waals surface area (Å²) in [4.78, 5) is 24.0. The minimum Gasteiger partial charge on any atom is -0.483 e. The van der Waals surface area contributed by atoms with Gasteiger partial charge in [0.15, 0.2) is 12.7 Å². The van der Waals surface area contributed by atoms with Gasteiger partial charge in [0, 0.05) is 5.02 Å². The predicted molar refractivity (Wildman–Crippen MR) is 99.1 cm³/mol. The lowest BCUT2D eigenvalue weighted by molar-refractivity contribution is -0.134. The molecule has 6 nitrogen and oxygen atoms in total. The Morgan fingerprint density at radius 2 is 1.85 bits per heavy atom. The maximum absolute atomic E-state index is 12.1. The molecule has 0 fully saturated rings. The number of halogens is 1. The number of ether oxygens (including phenoxy) is 2. The fourth-order valence-corrected chi connectivity index (χ4v) is 2.38. The Hall–Kier alpha value is -2.73. The van der Waals surface area contributed by atoms with Gasteiger partial charge in [0.2, 0.25) is 0 Å². The van der Waals surface area contributed by atoms with E-state index in [1.165, 1.54) is 0 Å². The predicted octanol–water partition coefficient (Wildman–Crippen LogP) is 3.03. The number of nitrogens with one attached hydrogen (secondary N) is 2. The zero-order valence-electron chi connectivity index (χ0n) is 14.6. The second-order valence-corrected chi connectivity index (χ2v) is 6.00. The van der Waals surface area contributed by atoms with Gasteiger partial charge in [0.25, 0.3) is 11.8 Å². The number of hydrogen-bond acceptors (Lipinski definition) is 4. The van der Waals surface area contributed by atoms with E-state index in [0.29, 0.717) is 22.9 Å². The fourth-order valence-electron chi connectivity index (χ4n) is 2.15. The SMILES string of the molecule is CCC(Oc1ccccc1)C(=O)NNC(=O)COc1ccc(Cl)cc1C. The number of carbonyl (C=O) groups excluding carboxylic acids is 2. The number of hydrazine groups is 1. The van der Waals surface area contributed by atoms with Crippen molar-refractivity contribution >= 4 is 23.4 Å². The average molecular weight is 377 g/mol. The molecular weight excluding hydrogens is 356 g/mol. The summed E-state index contributed by atoms with van der Waals surface area (Å²) in [5, 5.41) is 0.593. The summed E-state index contributed by atoms with van der Waals surface area (Å²) in [7, 11) is 0. The molecule has 1 atom stereocenters. The molecule has 0 radical (unpaired) electrons. The van der Waals surface area contributed by atoms with Crippen molar-refractivity contribution in [1.29, 1.82) is 0 Å². The molecule has 7 heteroatoms. The van der Waals surface area contributed by atoms with Crippen molar-refractivity contribution in [2.24, 2.45) is 0 Å². The maximum Gasteiger partial charge on any atom is 0.279 e. The van der Waals surface area contributed by atoms with Crippen LogP contribution in [0.25, 0.3) is 0 Å². The fraction of sp³-hybridized carbons (Fsp3) is 0.263. The van der Waals surface area contributed by atoms with Crippen LogP contribution < -0.4 is 20.3 Å². The molecule has 0 bridgehead atoms. The van der Waals surface area contributed by atoms with Crippen LogP contribution >= 0.6 is 11.6 Å². The second kappa shape index (κ2) is 9.68. The number of benzene rings is 2. The molecule has 2 amide bonds. The van der Waals surface area contributed by atoms with E-state index < -0.39 is 17.9 Å². The maximum atomic E-state index is 12.1. The highest BCUT2D eigenvalue weighted by Gasteiger charge is 2.19. The van der Waals surface area contributed by atoms with Crippen LogP contribution in [-0.2, 0) is 9.59 Å². The van der Waals surface area contributed by atoms with Gasteiger partial charge in [-0.15, -0.1) is 0 Å². The van der Waals surface area contributed by atoms with Gasteiger partial charge in [-0.3, -0.25) is 20.4 Å². The van der Waals surface area contributed by atoms with E-state index in [0.717, 1.165) is 5.56 Å². The Kier molecular flexibility index (Phi) is 7.29. The number of para-hydroxylation sites is 1. The Morgan fingerprint density at radius 1 is 1.12 bits per heavy atom. The van der Waals surface area contributed by atoms with E-state index >= 15 is 0 Å². The van der Waals surface area contributed by atoms with Gasteiger partial charge in [-0.2, -0.15) is 0 Å². The topological polar surface area (TPSA) is 76.7 Å². The van der Waals surface area contributed by atoms with E-state index in [1.54, 1.807) is 30.3 Å². The first-order valence-corrected chi connectivity index (χ1v) is 8.56. The molecule has 0 saturated carbocycles. The lowest BCUT2D eigenvalue weighted by Gasteiger charge is -2.17. The van der Waals surface area contributed by atoms with Gasteiger partial charge < -0.3 is 9.47 Å². The first-order chi connectivity index (χ1) is 12.5. The molecule has 26 heavy (non-hydrogen) atoms.